The quantitative estimate of drug-likeness (QED) is 0.882. The largest absolute Gasteiger partial charge is 0.497 e. The SMILES string of the molecule is COc1ccc(C(C)N)c(OCc2nncn2C)c1. The van der Waals surface area contributed by atoms with E-state index in [1.807, 2.05) is 36.7 Å². The van der Waals surface area contributed by atoms with Crippen LogP contribution >= 0.6 is 0 Å². The van der Waals surface area contributed by atoms with Gasteiger partial charge in [0.1, 0.15) is 24.4 Å². The van der Waals surface area contributed by atoms with Crippen molar-refractivity contribution in [2.75, 3.05) is 7.11 Å². The summed E-state index contributed by atoms with van der Waals surface area (Å²) in [5.74, 6) is 2.19. The molecule has 19 heavy (non-hydrogen) atoms. The number of hydrogen-bond acceptors (Lipinski definition) is 5. The average Bonchev–Trinajstić information content (AvgIpc) is 2.81. The van der Waals surface area contributed by atoms with Crippen LogP contribution in [0.25, 0.3) is 0 Å². The first-order valence-electron chi connectivity index (χ1n) is 6.01. The van der Waals surface area contributed by atoms with Crippen molar-refractivity contribution in [2.45, 2.75) is 19.6 Å². The molecule has 0 fully saturated rings. The molecule has 6 heteroatoms. The van der Waals surface area contributed by atoms with Gasteiger partial charge in [-0.3, -0.25) is 0 Å². The van der Waals surface area contributed by atoms with Crippen LogP contribution < -0.4 is 15.2 Å². The third-order valence-electron chi connectivity index (χ3n) is 2.87. The van der Waals surface area contributed by atoms with Gasteiger partial charge in [0.2, 0.25) is 0 Å². The lowest BCUT2D eigenvalue weighted by atomic mass is 10.1. The fourth-order valence-corrected chi connectivity index (χ4v) is 1.72. The van der Waals surface area contributed by atoms with E-state index >= 15 is 0 Å². The number of aromatic nitrogens is 3. The fourth-order valence-electron chi connectivity index (χ4n) is 1.72. The second-order valence-corrected chi connectivity index (χ2v) is 4.34. The zero-order valence-electron chi connectivity index (χ0n) is 11.3. The van der Waals surface area contributed by atoms with Crippen molar-refractivity contribution in [3.63, 3.8) is 0 Å². The van der Waals surface area contributed by atoms with Gasteiger partial charge in [0, 0.05) is 24.7 Å². The maximum Gasteiger partial charge on any atom is 0.170 e. The van der Waals surface area contributed by atoms with Crippen LogP contribution in [-0.2, 0) is 13.7 Å². The van der Waals surface area contributed by atoms with Gasteiger partial charge in [0.25, 0.3) is 0 Å². The molecule has 1 heterocycles. The minimum absolute atomic E-state index is 0.111. The van der Waals surface area contributed by atoms with Gasteiger partial charge in [-0.05, 0) is 13.0 Å². The molecule has 0 aliphatic rings. The summed E-state index contributed by atoms with van der Waals surface area (Å²) in [4.78, 5) is 0. The van der Waals surface area contributed by atoms with Crippen LogP contribution in [0.15, 0.2) is 24.5 Å². The molecule has 1 atom stereocenters. The summed E-state index contributed by atoms with van der Waals surface area (Å²) in [5, 5.41) is 7.78. The van der Waals surface area contributed by atoms with Gasteiger partial charge in [0.15, 0.2) is 5.82 Å². The van der Waals surface area contributed by atoms with Crippen LogP contribution in [0.3, 0.4) is 0 Å². The number of rotatable bonds is 5. The molecule has 0 radical (unpaired) electrons. The molecule has 0 aliphatic heterocycles. The number of hydrogen-bond donors (Lipinski definition) is 1. The molecule has 2 aromatic rings. The maximum atomic E-state index is 5.93. The summed E-state index contributed by atoms with van der Waals surface area (Å²) in [6, 6.07) is 5.50. The van der Waals surface area contributed by atoms with Crippen molar-refractivity contribution in [1.29, 1.82) is 0 Å². The Morgan fingerprint density at radius 2 is 2.21 bits per heavy atom. The lowest BCUT2D eigenvalue weighted by molar-refractivity contribution is 0.285. The summed E-state index contributed by atoms with van der Waals surface area (Å²) in [5.41, 5.74) is 6.86. The van der Waals surface area contributed by atoms with E-state index in [9.17, 15) is 0 Å². The molecule has 1 aromatic carbocycles. The van der Waals surface area contributed by atoms with E-state index in [0.717, 1.165) is 17.1 Å². The maximum absolute atomic E-state index is 5.93. The Morgan fingerprint density at radius 3 is 2.79 bits per heavy atom. The third kappa shape index (κ3) is 3.03. The summed E-state index contributed by atoms with van der Waals surface area (Å²) in [6.45, 7) is 2.25. The van der Waals surface area contributed by atoms with Crippen molar-refractivity contribution >= 4 is 0 Å². The van der Waals surface area contributed by atoms with Crippen LogP contribution in [0, 0.1) is 0 Å². The number of ether oxygens (including phenoxy) is 2. The Morgan fingerprint density at radius 1 is 1.42 bits per heavy atom. The first-order valence-corrected chi connectivity index (χ1v) is 6.01. The Hall–Kier alpha value is -2.08. The van der Waals surface area contributed by atoms with E-state index in [-0.39, 0.29) is 6.04 Å². The van der Waals surface area contributed by atoms with Crippen molar-refractivity contribution in [3.8, 4) is 11.5 Å². The zero-order chi connectivity index (χ0) is 13.8. The summed E-state index contributed by atoms with van der Waals surface area (Å²) in [6.07, 6.45) is 1.64. The highest BCUT2D eigenvalue weighted by atomic mass is 16.5. The minimum atomic E-state index is -0.111. The number of benzene rings is 1. The van der Waals surface area contributed by atoms with Gasteiger partial charge in [0.05, 0.1) is 7.11 Å². The highest BCUT2D eigenvalue weighted by Crippen LogP contribution is 2.29. The van der Waals surface area contributed by atoms with Crippen molar-refractivity contribution < 1.29 is 9.47 Å². The standard InChI is InChI=1S/C13H18N4O2/c1-9(14)11-5-4-10(18-3)6-12(11)19-7-13-16-15-8-17(13)2/h4-6,8-9H,7,14H2,1-3H3. The van der Waals surface area contributed by atoms with E-state index in [1.165, 1.54) is 0 Å². The smallest absolute Gasteiger partial charge is 0.170 e. The second kappa shape index (κ2) is 5.71. The van der Waals surface area contributed by atoms with Gasteiger partial charge in [-0.15, -0.1) is 10.2 Å². The minimum Gasteiger partial charge on any atom is -0.497 e. The van der Waals surface area contributed by atoms with E-state index in [1.54, 1.807) is 13.4 Å². The Balaban J connectivity index is 2.20. The molecule has 6 nitrogen and oxygen atoms in total. The lowest BCUT2D eigenvalue weighted by Crippen LogP contribution is -2.09. The fraction of sp³-hybridized carbons (Fsp3) is 0.385. The van der Waals surface area contributed by atoms with E-state index < -0.39 is 0 Å². The third-order valence-corrected chi connectivity index (χ3v) is 2.87. The molecule has 0 spiro atoms. The van der Waals surface area contributed by atoms with Crippen molar-refractivity contribution in [1.82, 2.24) is 14.8 Å². The highest BCUT2D eigenvalue weighted by Gasteiger charge is 2.11. The first kappa shape index (κ1) is 13.4. The van der Waals surface area contributed by atoms with Gasteiger partial charge in [-0.1, -0.05) is 6.07 Å². The van der Waals surface area contributed by atoms with Crippen molar-refractivity contribution in [3.05, 3.63) is 35.9 Å². The monoisotopic (exact) mass is 262 g/mol. The van der Waals surface area contributed by atoms with Gasteiger partial charge in [-0.2, -0.15) is 0 Å². The van der Waals surface area contributed by atoms with Crippen LogP contribution in [0.2, 0.25) is 0 Å². The predicted molar refractivity (Wildman–Crippen MR) is 70.9 cm³/mol. The van der Waals surface area contributed by atoms with Crippen LogP contribution in [0.5, 0.6) is 11.5 Å². The van der Waals surface area contributed by atoms with E-state index in [4.69, 9.17) is 15.2 Å². The molecule has 0 saturated carbocycles. The molecular weight excluding hydrogens is 244 g/mol. The van der Waals surface area contributed by atoms with Crippen LogP contribution in [-0.4, -0.2) is 21.9 Å². The normalized spacial score (nSPS) is 12.2. The molecule has 0 saturated heterocycles. The highest BCUT2D eigenvalue weighted by molar-refractivity contribution is 5.42. The molecule has 2 N–H and O–H groups in total. The van der Waals surface area contributed by atoms with Crippen molar-refractivity contribution in [2.24, 2.45) is 12.8 Å². The molecule has 102 valence electrons. The Bertz CT molecular complexity index is 551. The topological polar surface area (TPSA) is 75.2 Å². The summed E-state index contributed by atoms with van der Waals surface area (Å²) in [7, 11) is 3.49. The summed E-state index contributed by atoms with van der Waals surface area (Å²) < 4.78 is 12.8. The number of nitrogens with two attached hydrogens (primary N) is 1. The predicted octanol–water partition coefficient (Wildman–Crippen LogP) is 1.42. The molecular formula is C13H18N4O2. The van der Waals surface area contributed by atoms with Gasteiger partial charge < -0.3 is 19.8 Å². The van der Waals surface area contributed by atoms with E-state index in [2.05, 4.69) is 10.2 Å². The molecule has 1 unspecified atom stereocenters. The van der Waals surface area contributed by atoms with Gasteiger partial charge in [-0.25, -0.2) is 0 Å². The summed E-state index contributed by atoms with van der Waals surface area (Å²) >= 11 is 0. The molecule has 2 rings (SSSR count). The zero-order valence-corrected chi connectivity index (χ0v) is 11.3. The second-order valence-electron chi connectivity index (χ2n) is 4.34. The van der Waals surface area contributed by atoms with Crippen LogP contribution in [0.4, 0.5) is 0 Å². The number of aryl methyl sites for hydroxylation is 1. The molecule has 1 aromatic heterocycles. The average molecular weight is 262 g/mol. The molecule has 0 amide bonds. The van der Waals surface area contributed by atoms with E-state index in [0.29, 0.717) is 12.4 Å². The van der Waals surface area contributed by atoms with Crippen LogP contribution in [0.1, 0.15) is 24.4 Å². The lowest BCUT2D eigenvalue weighted by Gasteiger charge is -2.15. The number of methoxy groups -OCH3 is 1. The molecule has 0 bridgehead atoms. The number of nitrogens with zero attached hydrogens (tertiary/aromatic N) is 3. The Labute approximate surface area is 112 Å². The Kier molecular flexibility index (Phi) is 4.01. The van der Waals surface area contributed by atoms with Gasteiger partial charge >= 0.3 is 0 Å². The molecule has 0 aliphatic carbocycles. The first-order chi connectivity index (χ1) is 9.11.